The first kappa shape index (κ1) is 21.7. The van der Waals surface area contributed by atoms with Crippen LogP contribution in [0.1, 0.15) is 62.9 Å². The van der Waals surface area contributed by atoms with Crippen LogP contribution in [0.25, 0.3) is 6.08 Å². The summed E-state index contributed by atoms with van der Waals surface area (Å²) in [6.45, 7) is 8.90. The van der Waals surface area contributed by atoms with Crippen LogP contribution >= 0.6 is 0 Å². The molecule has 1 aromatic rings. The van der Waals surface area contributed by atoms with Crippen molar-refractivity contribution >= 4 is 18.0 Å². The van der Waals surface area contributed by atoms with Crippen molar-refractivity contribution < 1.29 is 14.3 Å². The number of nitriles is 1. The number of nitrogens with zero attached hydrogens (tertiary/aromatic N) is 2. The van der Waals surface area contributed by atoms with Gasteiger partial charge in [0.05, 0.1) is 0 Å². The third-order valence-corrected chi connectivity index (χ3v) is 5.24. The SMILES string of the molecule is Cc1cc(/C=C(\C#N)C(=O)OCC(=O)NC2CCCC2)c(C)n1CCC(C)C. The molecule has 1 aromatic heterocycles. The molecular formula is C22H31N3O3. The van der Waals surface area contributed by atoms with Gasteiger partial charge in [-0.15, -0.1) is 0 Å². The zero-order valence-corrected chi connectivity index (χ0v) is 17.4. The first-order valence-corrected chi connectivity index (χ1v) is 10.1. The van der Waals surface area contributed by atoms with Crippen LogP contribution in [0.4, 0.5) is 0 Å². The molecule has 0 unspecified atom stereocenters. The fraction of sp³-hybridized carbons (Fsp3) is 0.591. The third kappa shape index (κ3) is 5.98. The molecule has 0 spiro atoms. The van der Waals surface area contributed by atoms with Gasteiger partial charge in [0.1, 0.15) is 11.6 Å². The van der Waals surface area contributed by atoms with Crippen LogP contribution in [0.2, 0.25) is 0 Å². The van der Waals surface area contributed by atoms with Gasteiger partial charge in [0.15, 0.2) is 6.61 Å². The number of carbonyl (C=O) groups excluding carboxylic acids is 2. The van der Waals surface area contributed by atoms with E-state index < -0.39 is 5.97 Å². The van der Waals surface area contributed by atoms with Gasteiger partial charge in [0.2, 0.25) is 0 Å². The highest BCUT2D eigenvalue weighted by Gasteiger charge is 2.19. The summed E-state index contributed by atoms with van der Waals surface area (Å²) in [5, 5.41) is 12.2. The molecule has 1 amide bonds. The minimum Gasteiger partial charge on any atom is -0.451 e. The number of rotatable bonds is 8. The monoisotopic (exact) mass is 385 g/mol. The normalized spacial score (nSPS) is 14.9. The van der Waals surface area contributed by atoms with Gasteiger partial charge in [0, 0.05) is 24.0 Å². The summed E-state index contributed by atoms with van der Waals surface area (Å²) < 4.78 is 7.24. The summed E-state index contributed by atoms with van der Waals surface area (Å²) in [4.78, 5) is 24.1. The Kier molecular flexibility index (Phi) is 7.86. The molecule has 0 atom stereocenters. The maximum atomic E-state index is 12.2. The zero-order chi connectivity index (χ0) is 20.7. The largest absolute Gasteiger partial charge is 0.451 e. The molecule has 0 aromatic carbocycles. The highest BCUT2D eigenvalue weighted by Crippen LogP contribution is 2.20. The Balaban J connectivity index is 2.00. The van der Waals surface area contributed by atoms with E-state index in [-0.39, 0.29) is 24.1 Å². The lowest BCUT2D eigenvalue weighted by Gasteiger charge is -2.12. The second-order valence-corrected chi connectivity index (χ2v) is 7.96. The Bertz CT molecular complexity index is 778. The van der Waals surface area contributed by atoms with Crippen LogP contribution in [0, 0.1) is 31.1 Å². The Labute approximate surface area is 167 Å². The number of esters is 1. The average Bonchev–Trinajstić information content (AvgIpc) is 3.24. The second-order valence-electron chi connectivity index (χ2n) is 7.96. The highest BCUT2D eigenvalue weighted by atomic mass is 16.5. The molecule has 1 heterocycles. The van der Waals surface area contributed by atoms with Crippen LogP contribution < -0.4 is 5.32 Å². The first-order valence-electron chi connectivity index (χ1n) is 10.1. The maximum Gasteiger partial charge on any atom is 0.349 e. The van der Waals surface area contributed by atoms with Crippen molar-refractivity contribution in [3.63, 3.8) is 0 Å². The lowest BCUT2D eigenvalue weighted by atomic mass is 10.1. The lowest BCUT2D eigenvalue weighted by molar-refractivity contribution is -0.144. The molecule has 1 aliphatic rings. The van der Waals surface area contributed by atoms with Gasteiger partial charge in [-0.3, -0.25) is 4.79 Å². The van der Waals surface area contributed by atoms with E-state index in [1.807, 2.05) is 26.0 Å². The van der Waals surface area contributed by atoms with E-state index >= 15 is 0 Å². The third-order valence-electron chi connectivity index (χ3n) is 5.24. The summed E-state index contributed by atoms with van der Waals surface area (Å²) in [6.07, 6.45) is 6.77. The standard InChI is InChI=1S/C22H31N3O3/c1-15(2)9-10-25-16(3)11-18(17(25)4)12-19(13-23)22(27)28-14-21(26)24-20-7-5-6-8-20/h11-12,15,20H,5-10,14H2,1-4H3,(H,24,26)/b19-12+. The molecule has 0 saturated heterocycles. The molecule has 152 valence electrons. The number of hydrogen-bond acceptors (Lipinski definition) is 4. The first-order chi connectivity index (χ1) is 13.3. The van der Waals surface area contributed by atoms with Gasteiger partial charge in [0.25, 0.3) is 5.91 Å². The number of aromatic nitrogens is 1. The lowest BCUT2D eigenvalue weighted by Crippen LogP contribution is -2.36. The minimum atomic E-state index is -0.768. The molecule has 1 fully saturated rings. The van der Waals surface area contributed by atoms with E-state index in [4.69, 9.17) is 4.74 Å². The molecular weight excluding hydrogens is 354 g/mol. The molecule has 1 saturated carbocycles. The fourth-order valence-corrected chi connectivity index (χ4v) is 3.55. The van der Waals surface area contributed by atoms with E-state index in [0.717, 1.165) is 55.6 Å². The number of nitrogens with one attached hydrogen (secondary N) is 1. The molecule has 2 rings (SSSR count). The maximum absolute atomic E-state index is 12.2. The summed E-state index contributed by atoms with van der Waals surface area (Å²) in [6, 6.07) is 4.04. The van der Waals surface area contributed by atoms with Gasteiger partial charge in [-0.25, -0.2) is 4.79 Å². The van der Waals surface area contributed by atoms with Crippen LogP contribution in [0.3, 0.4) is 0 Å². The quantitative estimate of drug-likeness (QED) is 0.420. The van der Waals surface area contributed by atoms with Crippen molar-refractivity contribution in [1.29, 1.82) is 5.26 Å². The molecule has 0 radical (unpaired) electrons. The summed E-state index contributed by atoms with van der Waals surface area (Å²) >= 11 is 0. The average molecular weight is 386 g/mol. The summed E-state index contributed by atoms with van der Waals surface area (Å²) in [7, 11) is 0. The van der Waals surface area contributed by atoms with Crippen molar-refractivity contribution in [2.45, 2.75) is 72.4 Å². The van der Waals surface area contributed by atoms with Crippen LogP contribution in [-0.2, 0) is 20.9 Å². The van der Waals surface area contributed by atoms with Crippen LogP contribution in [0.15, 0.2) is 11.6 Å². The van der Waals surface area contributed by atoms with Gasteiger partial charge in [-0.1, -0.05) is 26.7 Å². The zero-order valence-electron chi connectivity index (χ0n) is 17.4. The number of carbonyl (C=O) groups is 2. The molecule has 0 bridgehead atoms. The van der Waals surface area contributed by atoms with Gasteiger partial charge < -0.3 is 14.6 Å². The van der Waals surface area contributed by atoms with Crippen molar-refractivity contribution in [3.05, 3.63) is 28.6 Å². The molecule has 28 heavy (non-hydrogen) atoms. The van der Waals surface area contributed by atoms with E-state index in [1.54, 1.807) is 6.08 Å². The smallest absolute Gasteiger partial charge is 0.349 e. The Morgan fingerprint density at radius 3 is 2.64 bits per heavy atom. The van der Waals surface area contributed by atoms with Crippen molar-refractivity contribution in [3.8, 4) is 6.07 Å². The number of aryl methyl sites for hydroxylation is 1. The van der Waals surface area contributed by atoms with Crippen LogP contribution in [-0.4, -0.2) is 29.1 Å². The number of amides is 1. The Morgan fingerprint density at radius 1 is 1.36 bits per heavy atom. The highest BCUT2D eigenvalue weighted by molar-refractivity contribution is 5.99. The van der Waals surface area contributed by atoms with E-state index in [1.165, 1.54) is 0 Å². The Hall–Kier alpha value is -2.55. The van der Waals surface area contributed by atoms with Crippen LogP contribution in [0.5, 0.6) is 0 Å². The second kappa shape index (κ2) is 10.1. The number of hydrogen-bond donors (Lipinski definition) is 1. The number of ether oxygens (including phenoxy) is 1. The fourth-order valence-electron chi connectivity index (χ4n) is 3.55. The summed E-state index contributed by atoms with van der Waals surface area (Å²) in [5.41, 5.74) is 2.83. The predicted molar refractivity (Wildman–Crippen MR) is 108 cm³/mol. The van der Waals surface area contributed by atoms with Crippen molar-refractivity contribution in [2.75, 3.05) is 6.61 Å². The molecule has 6 heteroatoms. The van der Waals surface area contributed by atoms with Gasteiger partial charge >= 0.3 is 5.97 Å². The topological polar surface area (TPSA) is 84.1 Å². The van der Waals surface area contributed by atoms with E-state index in [0.29, 0.717) is 5.92 Å². The molecule has 0 aliphatic heterocycles. The summed E-state index contributed by atoms with van der Waals surface area (Å²) in [5.74, 6) is -0.485. The minimum absolute atomic E-state index is 0.0993. The molecule has 6 nitrogen and oxygen atoms in total. The van der Waals surface area contributed by atoms with E-state index in [2.05, 4.69) is 23.7 Å². The van der Waals surface area contributed by atoms with Crippen molar-refractivity contribution in [2.24, 2.45) is 5.92 Å². The van der Waals surface area contributed by atoms with Gasteiger partial charge in [-0.2, -0.15) is 5.26 Å². The van der Waals surface area contributed by atoms with E-state index in [9.17, 15) is 14.9 Å². The Morgan fingerprint density at radius 2 is 2.04 bits per heavy atom. The molecule has 1 N–H and O–H groups in total. The van der Waals surface area contributed by atoms with Crippen molar-refractivity contribution in [1.82, 2.24) is 9.88 Å². The predicted octanol–water partition coefficient (Wildman–Crippen LogP) is 3.66. The molecule has 1 aliphatic carbocycles. The van der Waals surface area contributed by atoms with Gasteiger partial charge in [-0.05, 0) is 56.7 Å².